The van der Waals surface area contributed by atoms with E-state index in [0.29, 0.717) is 0 Å². The monoisotopic (exact) mass is 1870 g/mol. The Morgan fingerprint density at radius 1 is 0.158 bits per heavy atom. The van der Waals surface area contributed by atoms with Gasteiger partial charge in [0.05, 0.1) is 43.9 Å². The summed E-state index contributed by atoms with van der Waals surface area (Å²) in [5.41, 5.74) is 48.4. The zero-order valence-electron chi connectivity index (χ0n) is 81.9. The first-order chi connectivity index (χ1) is 71.9. The van der Waals surface area contributed by atoms with E-state index in [-0.39, 0.29) is 10.8 Å². The Kier molecular flexibility index (Phi) is 20.7. The van der Waals surface area contributed by atoms with E-state index in [1.165, 1.54) is 216 Å². The maximum absolute atomic E-state index is 2.49. The summed E-state index contributed by atoms with van der Waals surface area (Å²) in [5.74, 6) is 0. The predicted molar refractivity (Wildman–Crippen MR) is 613 cm³/mol. The number of para-hydroxylation sites is 6. The lowest BCUT2D eigenvalue weighted by molar-refractivity contribution is 0.660. The van der Waals surface area contributed by atoms with Gasteiger partial charge in [-0.1, -0.05) is 360 Å². The lowest BCUT2D eigenvalue weighted by atomic mass is 9.67. The lowest BCUT2D eigenvalue weighted by Crippen LogP contribution is -2.28. The standard InChI is InChI=1S/C50H34N2.C50H36N2.C40H32N2/c1-51(35-14-4-2-5-15-35)37-26-29-49-43(32-37)42-30-33(25-28-48(42)52(49)36-16-6-3-7-17-36)34-24-27-41-40-20-10-13-23-46(40)50(47(41)31-34)44-21-11-8-18-38(44)39-19-9-12-22-45(39)50;1-51(39-20-10-4-11-21-39)41-28-31-49-45(34-41)44-32-35(27-30-48(44)52(49)40-22-12-5-13-23-40)36-26-29-43-42-24-14-15-25-46(42)50(47(43)33-36,37-16-6-2-7-17-37)38-18-8-3-9-19-38;1-40(2)36-17-11-10-16-32(36)33-21-18-28(25-37(33)40)27-19-22-38-34(24-27)35-26-31(41(3)29-12-6-4-7-13-29)20-23-39(35)42(38)30-14-8-5-9-15-30/h2-32H,1H3;2-34H,1H3;4-26H,1-3H3. The van der Waals surface area contributed by atoms with E-state index in [0.717, 1.165) is 34.1 Å². The number of rotatable bonds is 14. The molecule has 29 rings (SSSR count). The molecule has 22 aromatic carbocycles. The summed E-state index contributed by atoms with van der Waals surface area (Å²) in [7, 11) is 6.44. The van der Waals surface area contributed by atoms with Crippen molar-refractivity contribution in [1.82, 2.24) is 13.7 Å². The van der Waals surface area contributed by atoms with Crippen molar-refractivity contribution in [1.29, 1.82) is 0 Å². The summed E-state index contributed by atoms with van der Waals surface area (Å²) >= 11 is 0. The van der Waals surface area contributed by atoms with E-state index in [9.17, 15) is 0 Å². The smallest absolute Gasteiger partial charge is 0.0725 e. The molecule has 692 valence electrons. The zero-order valence-corrected chi connectivity index (χ0v) is 81.9. The molecular weight excluding hydrogens is 1770 g/mol. The maximum Gasteiger partial charge on any atom is 0.0725 e. The van der Waals surface area contributed by atoms with E-state index in [1.807, 2.05) is 0 Å². The number of benzene rings is 22. The van der Waals surface area contributed by atoms with E-state index in [4.69, 9.17) is 0 Å². The summed E-state index contributed by atoms with van der Waals surface area (Å²) in [6, 6.07) is 194. The SMILES string of the molecule is CN(c1ccccc1)c1ccc2c(c1)c1cc(-c3ccc4c(c3)C(C)(C)c3ccccc3-4)ccc1n2-c1ccccc1.CN(c1ccccc1)c1ccc2c(c1)c1cc(-c3ccc4c(c3)C(c3ccccc3)(c3ccccc3)c3ccccc3-4)ccc1n2-c1ccccc1.CN(c1ccccc1)c1ccc2c(c1)c1cc(-c3ccc4c(c3)C3(c5ccccc5-c5ccccc53)c3ccccc3-4)ccc1n2-c1ccccc1. The molecule has 0 saturated heterocycles. The molecule has 0 amide bonds. The highest BCUT2D eigenvalue weighted by molar-refractivity contribution is 6.15. The van der Waals surface area contributed by atoms with Gasteiger partial charge in [0.15, 0.2) is 0 Å². The topological polar surface area (TPSA) is 24.5 Å². The quantitative estimate of drug-likeness (QED) is 0.108. The second-order valence-corrected chi connectivity index (χ2v) is 39.9. The first-order valence-corrected chi connectivity index (χ1v) is 50.8. The number of hydrogen-bond donors (Lipinski definition) is 0. The molecule has 0 fully saturated rings. The van der Waals surface area contributed by atoms with Crippen LogP contribution in [0.5, 0.6) is 0 Å². The van der Waals surface area contributed by atoms with Gasteiger partial charge in [0.1, 0.15) is 0 Å². The van der Waals surface area contributed by atoms with Gasteiger partial charge in [-0.15, -0.1) is 0 Å². The van der Waals surface area contributed by atoms with Crippen LogP contribution in [0.3, 0.4) is 0 Å². The molecule has 0 saturated carbocycles. The predicted octanol–water partition coefficient (Wildman–Crippen LogP) is 35.7. The fraction of sp³-hybridized carbons (Fsp3) is 0.0571. The molecule has 3 aromatic heterocycles. The average molecular weight is 1870 g/mol. The van der Waals surface area contributed by atoms with Gasteiger partial charge in [-0.25, -0.2) is 0 Å². The Morgan fingerprint density at radius 2 is 0.370 bits per heavy atom. The molecule has 6 nitrogen and oxygen atoms in total. The Bertz CT molecular complexity index is 9020. The molecule has 1 spiro atoms. The number of fused-ring (bicyclic) bond motifs is 25. The molecule has 0 aliphatic heterocycles. The molecule has 25 aromatic rings. The van der Waals surface area contributed by atoms with Crippen molar-refractivity contribution >= 4 is 99.5 Å². The van der Waals surface area contributed by atoms with E-state index in [2.05, 4.69) is 591 Å². The third kappa shape index (κ3) is 13.7. The first-order valence-electron chi connectivity index (χ1n) is 50.8. The van der Waals surface area contributed by atoms with Gasteiger partial charge in [0, 0.05) is 110 Å². The van der Waals surface area contributed by atoms with Gasteiger partial charge in [-0.2, -0.15) is 0 Å². The molecule has 0 unspecified atom stereocenters. The molecule has 4 aliphatic rings. The molecule has 6 heteroatoms. The molecule has 4 aliphatic carbocycles. The van der Waals surface area contributed by atoms with Crippen molar-refractivity contribution in [3.05, 3.63) is 583 Å². The fourth-order valence-corrected chi connectivity index (χ4v) is 24.9. The summed E-state index contributed by atoms with van der Waals surface area (Å²) in [5, 5.41) is 7.47. The average Bonchev–Trinajstić information content (AvgIpc) is 1.50. The minimum atomic E-state index is -0.436. The van der Waals surface area contributed by atoms with Crippen LogP contribution in [-0.4, -0.2) is 34.8 Å². The Balaban J connectivity index is 0.000000109. The summed E-state index contributed by atoms with van der Waals surface area (Å²) < 4.78 is 7.19. The molecule has 0 bridgehead atoms. The fourth-order valence-electron chi connectivity index (χ4n) is 24.9. The van der Waals surface area contributed by atoms with E-state index < -0.39 is 5.41 Å². The van der Waals surface area contributed by atoms with Crippen molar-refractivity contribution in [3.8, 4) is 95.0 Å². The van der Waals surface area contributed by atoms with Crippen molar-refractivity contribution in [2.45, 2.75) is 30.1 Å². The van der Waals surface area contributed by atoms with Gasteiger partial charge < -0.3 is 28.4 Å². The van der Waals surface area contributed by atoms with Crippen molar-refractivity contribution in [2.75, 3.05) is 35.8 Å². The third-order valence-corrected chi connectivity index (χ3v) is 31.9. The molecule has 146 heavy (non-hydrogen) atoms. The Hall–Kier alpha value is -18.4. The van der Waals surface area contributed by atoms with Crippen LogP contribution in [0, 0.1) is 0 Å². The number of hydrogen-bond acceptors (Lipinski definition) is 3. The molecule has 0 N–H and O–H groups in total. The van der Waals surface area contributed by atoms with E-state index in [1.54, 1.807) is 0 Å². The maximum atomic E-state index is 2.49. The van der Waals surface area contributed by atoms with Gasteiger partial charge >= 0.3 is 0 Å². The largest absolute Gasteiger partial charge is 0.345 e. The van der Waals surface area contributed by atoms with Crippen LogP contribution in [-0.2, 0) is 16.2 Å². The van der Waals surface area contributed by atoms with E-state index >= 15 is 0 Å². The number of anilines is 6. The van der Waals surface area contributed by atoms with Crippen LogP contribution < -0.4 is 14.7 Å². The number of aromatic nitrogens is 3. The van der Waals surface area contributed by atoms with Crippen LogP contribution in [0.15, 0.2) is 528 Å². The molecule has 3 heterocycles. The highest BCUT2D eigenvalue weighted by Crippen LogP contribution is 2.64. The summed E-state index contributed by atoms with van der Waals surface area (Å²) in [4.78, 5) is 6.79. The lowest BCUT2D eigenvalue weighted by Gasteiger charge is -2.34. The number of nitrogens with zero attached hydrogens (tertiary/aromatic N) is 6. The third-order valence-electron chi connectivity index (χ3n) is 31.9. The Labute approximate surface area is 851 Å². The minimum Gasteiger partial charge on any atom is -0.345 e. The second kappa shape index (κ2) is 34.8. The van der Waals surface area contributed by atoms with Crippen LogP contribution in [0.2, 0.25) is 0 Å². The van der Waals surface area contributed by atoms with Gasteiger partial charge in [0.2, 0.25) is 0 Å². The molecular formula is C140H102N6. The highest BCUT2D eigenvalue weighted by Gasteiger charge is 2.52. The highest BCUT2D eigenvalue weighted by atomic mass is 15.1. The zero-order chi connectivity index (χ0) is 97.5. The minimum absolute atomic E-state index is 0.0215. The molecule has 0 radical (unpaired) electrons. The van der Waals surface area contributed by atoms with Gasteiger partial charge in [-0.3, -0.25) is 0 Å². The first kappa shape index (κ1) is 86.7. The van der Waals surface area contributed by atoms with Crippen molar-refractivity contribution in [3.63, 3.8) is 0 Å². The molecule has 0 atom stereocenters. The van der Waals surface area contributed by atoms with Gasteiger partial charge in [0.25, 0.3) is 0 Å². The normalized spacial score (nSPS) is 13.1. The second-order valence-electron chi connectivity index (χ2n) is 39.9. The van der Waals surface area contributed by atoms with Gasteiger partial charge in [-0.05, 0) is 316 Å². The Morgan fingerprint density at radius 3 is 0.685 bits per heavy atom. The van der Waals surface area contributed by atoms with Crippen LogP contribution in [0.4, 0.5) is 34.1 Å². The van der Waals surface area contributed by atoms with Crippen molar-refractivity contribution in [2.24, 2.45) is 0 Å². The van der Waals surface area contributed by atoms with Crippen LogP contribution in [0.1, 0.15) is 69.5 Å². The van der Waals surface area contributed by atoms with Crippen molar-refractivity contribution < 1.29 is 0 Å². The summed E-state index contributed by atoms with van der Waals surface area (Å²) in [6.07, 6.45) is 0. The van der Waals surface area contributed by atoms with Crippen LogP contribution >= 0.6 is 0 Å². The summed E-state index contributed by atoms with van der Waals surface area (Å²) in [6.45, 7) is 4.70. The van der Waals surface area contributed by atoms with Crippen LogP contribution in [0.25, 0.3) is 160 Å².